The number of aromatic nitrogens is 2. The van der Waals surface area contributed by atoms with E-state index in [2.05, 4.69) is 10.3 Å². The Bertz CT molecular complexity index is 847. The maximum Gasteiger partial charge on any atom is 0.203 e. The fourth-order valence-corrected chi connectivity index (χ4v) is 2.55. The number of hydrogen-bond donors (Lipinski definition) is 2. The molecule has 2 aromatic carbocycles. The van der Waals surface area contributed by atoms with Crippen molar-refractivity contribution in [1.29, 1.82) is 0 Å². The SMILES string of the molecule is Cn1c(NCCOc2ccc(Cl)c(Cl)c2)nc2ccc(N)cc21. The first-order chi connectivity index (χ1) is 11.0. The number of nitrogens with one attached hydrogen (secondary N) is 1. The van der Waals surface area contributed by atoms with Crippen LogP contribution in [0.4, 0.5) is 11.6 Å². The van der Waals surface area contributed by atoms with Crippen LogP contribution < -0.4 is 15.8 Å². The van der Waals surface area contributed by atoms with Crippen molar-refractivity contribution >= 4 is 45.9 Å². The third-order valence-corrected chi connectivity index (χ3v) is 4.19. The van der Waals surface area contributed by atoms with E-state index in [1.165, 1.54) is 0 Å². The molecule has 7 heteroatoms. The van der Waals surface area contributed by atoms with Crippen LogP contribution in [0.25, 0.3) is 11.0 Å². The highest BCUT2D eigenvalue weighted by Crippen LogP contribution is 2.26. The van der Waals surface area contributed by atoms with Crippen molar-refractivity contribution in [3.63, 3.8) is 0 Å². The fraction of sp³-hybridized carbons (Fsp3) is 0.188. The van der Waals surface area contributed by atoms with Crippen molar-refractivity contribution in [3.05, 3.63) is 46.4 Å². The number of imidazole rings is 1. The topological polar surface area (TPSA) is 65.1 Å². The minimum absolute atomic E-state index is 0.476. The first kappa shape index (κ1) is 15.8. The van der Waals surface area contributed by atoms with Gasteiger partial charge in [-0.05, 0) is 30.3 Å². The molecule has 0 spiro atoms. The number of hydrogen-bond acceptors (Lipinski definition) is 4. The molecule has 0 unspecified atom stereocenters. The summed E-state index contributed by atoms with van der Waals surface area (Å²) in [5.41, 5.74) is 8.41. The summed E-state index contributed by atoms with van der Waals surface area (Å²) in [5, 5.41) is 4.23. The van der Waals surface area contributed by atoms with Crippen LogP contribution in [0.5, 0.6) is 5.75 Å². The summed E-state index contributed by atoms with van der Waals surface area (Å²) in [7, 11) is 1.94. The van der Waals surface area contributed by atoms with Crippen LogP contribution in [0.3, 0.4) is 0 Å². The Morgan fingerprint density at radius 2 is 2.00 bits per heavy atom. The van der Waals surface area contributed by atoms with E-state index in [1.54, 1.807) is 18.2 Å². The van der Waals surface area contributed by atoms with Crippen molar-refractivity contribution in [3.8, 4) is 5.75 Å². The summed E-state index contributed by atoms with van der Waals surface area (Å²) in [6.07, 6.45) is 0. The van der Waals surface area contributed by atoms with E-state index in [9.17, 15) is 0 Å². The maximum atomic E-state index is 5.95. The number of halogens is 2. The predicted molar refractivity (Wildman–Crippen MR) is 95.6 cm³/mol. The van der Waals surface area contributed by atoms with Crippen molar-refractivity contribution in [2.75, 3.05) is 24.2 Å². The number of ether oxygens (including phenoxy) is 1. The number of nitrogens with zero attached hydrogens (tertiary/aromatic N) is 2. The Morgan fingerprint density at radius 3 is 2.78 bits per heavy atom. The summed E-state index contributed by atoms with van der Waals surface area (Å²) >= 11 is 11.8. The van der Waals surface area contributed by atoms with E-state index >= 15 is 0 Å². The fourth-order valence-electron chi connectivity index (χ4n) is 2.26. The third-order valence-electron chi connectivity index (χ3n) is 3.45. The van der Waals surface area contributed by atoms with Crippen LogP contribution in [0.2, 0.25) is 10.0 Å². The quantitative estimate of drug-likeness (QED) is 0.540. The Kier molecular flexibility index (Phi) is 4.50. The molecule has 0 bridgehead atoms. The first-order valence-electron chi connectivity index (χ1n) is 7.08. The zero-order chi connectivity index (χ0) is 16.4. The molecule has 3 rings (SSSR count). The largest absolute Gasteiger partial charge is 0.492 e. The molecule has 0 aliphatic carbocycles. The molecule has 0 aliphatic rings. The summed E-state index contributed by atoms with van der Waals surface area (Å²) in [4.78, 5) is 4.53. The van der Waals surface area contributed by atoms with E-state index in [1.807, 2.05) is 29.8 Å². The number of nitrogen functional groups attached to an aromatic ring is 1. The van der Waals surface area contributed by atoms with E-state index in [0.29, 0.717) is 28.9 Å². The van der Waals surface area contributed by atoms with Gasteiger partial charge in [-0.15, -0.1) is 0 Å². The van der Waals surface area contributed by atoms with Gasteiger partial charge in [0.25, 0.3) is 0 Å². The molecule has 0 amide bonds. The van der Waals surface area contributed by atoms with Crippen LogP contribution in [0.15, 0.2) is 36.4 Å². The van der Waals surface area contributed by atoms with Crippen molar-refractivity contribution < 1.29 is 4.74 Å². The van der Waals surface area contributed by atoms with Crippen molar-refractivity contribution in [2.24, 2.45) is 7.05 Å². The second kappa shape index (κ2) is 6.56. The number of aryl methyl sites for hydroxylation is 1. The summed E-state index contributed by atoms with van der Waals surface area (Å²) in [6, 6.07) is 10.8. The average Bonchev–Trinajstić information content (AvgIpc) is 2.83. The highest BCUT2D eigenvalue weighted by molar-refractivity contribution is 6.42. The maximum absolute atomic E-state index is 5.95. The summed E-state index contributed by atoms with van der Waals surface area (Å²) < 4.78 is 7.60. The second-order valence-corrected chi connectivity index (χ2v) is 5.91. The second-order valence-electron chi connectivity index (χ2n) is 5.09. The van der Waals surface area contributed by atoms with Gasteiger partial charge in [-0.25, -0.2) is 4.98 Å². The zero-order valence-electron chi connectivity index (χ0n) is 12.5. The van der Waals surface area contributed by atoms with Gasteiger partial charge in [-0.3, -0.25) is 0 Å². The standard InChI is InChI=1S/C16H16Cl2N4O/c1-22-15-8-10(19)2-5-14(15)21-16(22)20-6-7-23-11-3-4-12(17)13(18)9-11/h2-5,8-9H,6-7,19H2,1H3,(H,20,21). The van der Waals surface area contributed by atoms with Gasteiger partial charge in [0.1, 0.15) is 12.4 Å². The van der Waals surface area contributed by atoms with Crippen LogP contribution in [-0.2, 0) is 7.05 Å². The summed E-state index contributed by atoms with van der Waals surface area (Å²) in [5.74, 6) is 1.45. The van der Waals surface area contributed by atoms with Gasteiger partial charge in [0.2, 0.25) is 5.95 Å². The third kappa shape index (κ3) is 3.46. The number of rotatable bonds is 5. The predicted octanol–water partition coefficient (Wildman–Crippen LogP) is 3.95. The monoisotopic (exact) mass is 350 g/mol. The molecule has 3 N–H and O–H groups in total. The van der Waals surface area contributed by atoms with E-state index in [4.69, 9.17) is 33.7 Å². The van der Waals surface area contributed by atoms with Gasteiger partial charge in [0, 0.05) is 18.8 Å². The van der Waals surface area contributed by atoms with E-state index in [0.717, 1.165) is 22.7 Å². The Hall–Kier alpha value is -2.11. The van der Waals surface area contributed by atoms with Crippen LogP contribution in [-0.4, -0.2) is 22.7 Å². The van der Waals surface area contributed by atoms with Crippen molar-refractivity contribution in [2.45, 2.75) is 0 Å². The highest BCUT2D eigenvalue weighted by atomic mass is 35.5. The zero-order valence-corrected chi connectivity index (χ0v) is 14.0. The molecular formula is C16H16Cl2N4O. The number of anilines is 2. The highest BCUT2D eigenvalue weighted by Gasteiger charge is 2.07. The first-order valence-corrected chi connectivity index (χ1v) is 7.84. The van der Waals surface area contributed by atoms with Gasteiger partial charge in [-0.1, -0.05) is 23.2 Å². The molecule has 0 radical (unpaired) electrons. The Morgan fingerprint density at radius 1 is 1.17 bits per heavy atom. The molecule has 120 valence electrons. The molecule has 3 aromatic rings. The van der Waals surface area contributed by atoms with Crippen LogP contribution >= 0.6 is 23.2 Å². The van der Waals surface area contributed by atoms with Gasteiger partial charge in [-0.2, -0.15) is 0 Å². The normalized spacial score (nSPS) is 10.9. The van der Waals surface area contributed by atoms with Crippen LogP contribution in [0, 0.1) is 0 Å². The van der Waals surface area contributed by atoms with E-state index < -0.39 is 0 Å². The molecular weight excluding hydrogens is 335 g/mol. The lowest BCUT2D eigenvalue weighted by Gasteiger charge is -2.09. The van der Waals surface area contributed by atoms with Gasteiger partial charge in [0.05, 0.1) is 27.6 Å². The smallest absolute Gasteiger partial charge is 0.203 e. The summed E-state index contributed by atoms with van der Waals surface area (Å²) in [6.45, 7) is 1.08. The molecule has 5 nitrogen and oxygen atoms in total. The molecule has 1 aromatic heterocycles. The average molecular weight is 351 g/mol. The molecule has 1 heterocycles. The van der Waals surface area contributed by atoms with Crippen LogP contribution in [0.1, 0.15) is 0 Å². The molecule has 23 heavy (non-hydrogen) atoms. The van der Waals surface area contributed by atoms with E-state index in [-0.39, 0.29) is 0 Å². The number of benzene rings is 2. The Labute approximate surface area is 144 Å². The lowest BCUT2D eigenvalue weighted by Crippen LogP contribution is -2.14. The number of nitrogens with two attached hydrogens (primary N) is 1. The lowest BCUT2D eigenvalue weighted by atomic mass is 10.3. The molecule has 0 atom stereocenters. The molecule has 0 saturated heterocycles. The minimum atomic E-state index is 0.476. The van der Waals surface area contributed by atoms with Crippen molar-refractivity contribution in [1.82, 2.24) is 9.55 Å². The molecule has 0 saturated carbocycles. The van der Waals surface area contributed by atoms with Gasteiger partial charge < -0.3 is 20.4 Å². The lowest BCUT2D eigenvalue weighted by molar-refractivity contribution is 0.332. The minimum Gasteiger partial charge on any atom is -0.492 e. The van der Waals surface area contributed by atoms with Gasteiger partial charge in [0.15, 0.2) is 0 Å². The number of fused-ring (bicyclic) bond motifs is 1. The molecule has 0 fully saturated rings. The van der Waals surface area contributed by atoms with Gasteiger partial charge >= 0.3 is 0 Å². The molecule has 0 aliphatic heterocycles. The Balaban J connectivity index is 1.60.